The molecule has 3 nitrogen and oxygen atoms in total. The van der Waals surface area contributed by atoms with Crippen molar-refractivity contribution < 1.29 is 4.79 Å². The summed E-state index contributed by atoms with van der Waals surface area (Å²) in [6.45, 7) is 6.00. The zero-order valence-electron chi connectivity index (χ0n) is 12.5. The normalized spacial score (nSPS) is 10.5. The molecule has 2 aromatic rings. The van der Waals surface area contributed by atoms with Gasteiger partial charge < -0.3 is 11.1 Å². The summed E-state index contributed by atoms with van der Waals surface area (Å²) in [5.74, 6) is -0.0695. The third kappa shape index (κ3) is 3.85. The highest BCUT2D eigenvalue weighted by atomic mass is 79.9. The first-order valence-electron chi connectivity index (χ1n) is 6.78. The standard InChI is InChI=1S/C17H19BrN2O/c1-10-4-5-12(3)13(6-10)9-16(21)20-17-14(18)7-11(2)8-15(17)19/h4-8H,9,19H2,1-3H3,(H,20,21). The fraction of sp³-hybridized carbons (Fsp3) is 0.235. The highest BCUT2D eigenvalue weighted by Crippen LogP contribution is 2.30. The SMILES string of the molecule is Cc1cc(N)c(NC(=O)Cc2cc(C)ccc2C)c(Br)c1. The van der Waals surface area contributed by atoms with Gasteiger partial charge >= 0.3 is 0 Å². The van der Waals surface area contributed by atoms with Crippen LogP contribution in [0.25, 0.3) is 0 Å². The molecule has 21 heavy (non-hydrogen) atoms. The first-order chi connectivity index (χ1) is 9.86. The number of benzene rings is 2. The van der Waals surface area contributed by atoms with E-state index in [0.717, 1.165) is 26.7 Å². The largest absolute Gasteiger partial charge is 0.397 e. The second-order valence-corrected chi connectivity index (χ2v) is 6.22. The number of carbonyl (C=O) groups is 1. The Labute approximate surface area is 133 Å². The number of halogens is 1. The van der Waals surface area contributed by atoms with Crippen molar-refractivity contribution in [3.63, 3.8) is 0 Å². The second kappa shape index (κ2) is 6.31. The summed E-state index contributed by atoms with van der Waals surface area (Å²) in [5.41, 5.74) is 11.5. The number of hydrogen-bond acceptors (Lipinski definition) is 2. The van der Waals surface area contributed by atoms with E-state index in [0.29, 0.717) is 17.8 Å². The molecule has 0 bridgehead atoms. The molecule has 0 saturated heterocycles. The van der Waals surface area contributed by atoms with Crippen molar-refractivity contribution in [1.29, 1.82) is 0 Å². The smallest absolute Gasteiger partial charge is 0.228 e. The number of hydrogen-bond donors (Lipinski definition) is 2. The molecule has 2 aromatic carbocycles. The minimum atomic E-state index is -0.0695. The molecule has 0 radical (unpaired) electrons. The highest BCUT2D eigenvalue weighted by molar-refractivity contribution is 9.10. The molecule has 3 N–H and O–H groups in total. The van der Waals surface area contributed by atoms with E-state index in [1.807, 2.05) is 51.1 Å². The summed E-state index contributed by atoms with van der Waals surface area (Å²) in [6, 6.07) is 9.91. The van der Waals surface area contributed by atoms with Crippen LogP contribution < -0.4 is 11.1 Å². The van der Waals surface area contributed by atoms with Gasteiger partial charge in [-0.1, -0.05) is 23.8 Å². The van der Waals surface area contributed by atoms with Crippen LogP contribution in [0, 0.1) is 20.8 Å². The molecule has 1 amide bonds. The van der Waals surface area contributed by atoms with Crippen LogP contribution in [-0.4, -0.2) is 5.91 Å². The van der Waals surface area contributed by atoms with Crippen LogP contribution in [0.3, 0.4) is 0 Å². The molecule has 0 aliphatic rings. The number of carbonyl (C=O) groups excluding carboxylic acids is 1. The highest BCUT2D eigenvalue weighted by Gasteiger charge is 2.11. The van der Waals surface area contributed by atoms with E-state index in [2.05, 4.69) is 21.2 Å². The summed E-state index contributed by atoms with van der Waals surface area (Å²) >= 11 is 3.44. The molecular formula is C17H19BrN2O. The zero-order chi connectivity index (χ0) is 15.6. The van der Waals surface area contributed by atoms with Gasteiger partial charge in [-0.2, -0.15) is 0 Å². The first kappa shape index (κ1) is 15.6. The summed E-state index contributed by atoms with van der Waals surface area (Å²) in [4.78, 5) is 12.2. The first-order valence-corrected chi connectivity index (χ1v) is 7.57. The maximum atomic E-state index is 12.2. The lowest BCUT2D eigenvalue weighted by molar-refractivity contribution is -0.115. The monoisotopic (exact) mass is 346 g/mol. The molecule has 0 aromatic heterocycles. The number of nitrogen functional groups attached to an aromatic ring is 1. The average Bonchev–Trinajstić information content (AvgIpc) is 2.38. The van der Waals surface area contributed by atoms with Gasteiger partial charge in [0.25, 0.3) is 0 Å². The molecule has 0 heterocycles. The van der Waals surface area contributed by atoms with Crippen molar-refractivity contribution in [3.8, 4) is 0 Å². The lowest BCUT2D eigenvalue weighted by Gasteiger charge is -2.12. The van der Waals surface area contributed by atoms with Crippen LogP contribution in [0.2, 0.25) is 0 Å². The quantitative estimate of drug-likeness (QED) is 0.820. The second-order valence-electron chi connectivity index (χ2n) is 5.37. The molecule has 0 aliphatic heterocycles. The van der Waals surface area contributed by atoms with E-state index in [1.54, 1.807) is 0 Å². The van der Waals surface area contributed by atoms with Crippen molar-refractivity contribution >= 4 is 33.2 Å². The van der Waals surface area contributed by atoms with E-state index in [4.69, 9.17) is 5.73 Å². The number of nitrogens with one attached hydrogen (secondary N) is 1. The Morgan fingerprint density at radius 3 is 2.52 bits per heavy atom. The third-order valence-electron chi connectivity index (χ3n) is 3.39. The van der Waals surface area contributed by atoms with Gasteiger partial charge in [-0.3, -0.25) is 4.79 Å². The topological polar surface area (TPSA) is 55.1 Å². The third-order valence-corrected chi connectivity index (χ3v) is 4.01. The van der Waals surface area contributed by atoms with Crippen LogP contribution in [0.4, 0.5) is 11.4 Å². The summed E-state index contributed by atoms with van der Waals surface area (Å²) in [6.07, 6.45) is 0.341. The number of amides is 1. The van der Waals surface area contributed by atoms with Gasteiger partial charge in [-0.15, -0.1) is 0 Å². The predicted octanol–water partition coefficient (Wildman–Crippen LogP) is 4.14. The molecule has 0 atom stereocenters. The van der Waals surface area contributed by atoms with Gasteiger partial charge in [0.15, 0.2) is 0 Å². The van der Waals surface area contributed by atoms with Crippen molar-refractivity contribution in [2.24, 2.45) is 0 Å². The van der Waals surface area contributed by atoms with E-state index >= 15 is 0 Å². The molecule has 0 aliphatic carbocycles. The summed E-state index contributed by atoms with van der Waals surface area (Å²) in [7, 11) is 0. The predicted molar refractivity (Wildman–Crippen MR) is 91.5 cm³/mol. The fourth-order valence-electron chi connectivity index (χ4n) is 2.25. The van der Waals surface area contributed by atoms with Gasteiger partial charge in [0.1, 0.15) is 0 Å². The van der Waals surface area contributed by atoms with E-state index in [9.17, 15) is 4.79 Å². The van der Waals surface area contributed by atoms with Crippen molar-refractivity contribution in [2.45, 2.75) is 27.2 Å². The van der Waals surface area contributed by atoms with Crippen LogP contribution >= 0.6 is 15.9 Å². The Balaban J connectivity index is 2.17. The molecule has 0 saturated carbocycles. The summed E-state index contributed by atoms with van der Waals surface area (Å²) in [5, 5.41) is 2.89. The molecule has 110 valence electrons. The van der Waals surface area contributed by atoms with Gasteiger partial charge in [-0.05, 0) is 65.5 Å². The Morgan fingerprint density at radius 2 is 1.86 bits per heavy atom. The van der Waals surface area contributed by atoms with E-state index in [1.165, 1.54) is 0 Å². The Kier molecular flexibility index (Phi) is 4.68. The molecule has 0 unspecified atom stereocenters. The van der Waals surface area contributed by atoms with E-state index < -0.39 is 0 Å². The Bertz CT molecular complexity index is 672. The Hall–Kier alpha value is -1.81. The van der Waals surface area contributed by atoms with Crippen LogP contribution in [-0.2, 0) is 11.2 Å². The Morgan fingerprint density at radius 1 is 1.14 bits per heavy atom. The molecular weight excluding hydrogens is 328 g/mol. The van der Waals surface area contributed by atoms with Crippen LogP contribution in [0.5, 0.6) is 0 Å². The van der Waals surface area contributed by atoms with Gasteiger partial charge in [0.2, 0.25) is 5.91 Å². The van der Waals surface area contributed by atoms with Gasteiger partial charge in [-0.25, -0.2) is 0 Å². The summed E-state index contributed by atoms with van der Waals surface area (Å²) < 4.78 is 0.800. The number of anilines is 2. The molecule has 0 fully saturated rings. The number of nitrogens with two attached hydrogens (primary N) is 1. The van der Waals surface area contributed by atoms with Crippen molar-refractivity contribution in [3.05, 3.63) is 57.1 Å². The number of rotatable bonds is 3. The lowest BCUT2D eigenvalue weighted by Crippen LogP contribution is -2.16. The van der Waals surface area contributed by atoms with Crippen molar-refractivity contribution in [2.75, 3.05) is 11.1 Å². The lowest BCUT2D eigenvalue weighted by atomic mass is 10.0. The van der Waals surface area contributed by atoms with Gasteiger partial charge in [0, 0.05) is 4.47 Å². The molecule has 2 rings (SSSR count). The average molecular weight is 347 g/mol. The number of aryl methyl sites for hydroxylation is 3. The minimum absolute atomic E-state index is 0.0695. The zero-order valence-corrected chi connectivity index (χ0v) is 14.0. The molecule has 0 spiro atoms. The molecule has 4 heteroatoms. The van der Waals surface area contributed by atoms with E-state index in [-0.39, 0.29) is 5.91 Å². The maximum Gasteiger partial charge on any atom is 0.228 e. The van der Waals surface area contributed by atoms with Crippen LogP contribution in [0.1, 0.15) is 22.3 Å². The van der Waals surface area contributed by atoms with Crippen LogP contribution in [0.15, 0.2) is 34.8 Å². The van der Waals surface area contributed by atoms with Gasteiger partial charge in [0.05, 0.1) is 17.8 Å². The van der Waals surface area contributed by atoms with Crippen molar-refractivity contribution in [1.82, 2.24) is 0 Å². The fourth-order valence-corrected chi connectivity index (χ4v) is 2.94. The maximum absolute atomic E-state index is 12.2. The minimum Gasteiger partial charge on any atom is -0.397 e.